The van der Waals surface area contributed by atoms with Crippen molar-refractivity contribution in [2.75, 3.05) is 4.90 Å². The van der Waals surface area contributed by atoms with Crippen LogP contribution in [0.3, 0.4) is 0 Å². The monoisotopic (exact) mass is 666 g/mol. The molecule has 240 valence electrons. The summed E-state index contributed by atoms with van der Waals surface area (Å²) < 4.78 is 152. The number of fused-ring (bicyclic) bond motifs is 2. The highest BCUT2D eigenvalue weighted by Gasteiger charge is 2.15. The Kier molecular flexibility index (Phi) is 4.51. The number of hydrogen-bond acceptors (Lipinski definition) is 1. The van der Waals surface area contributed by atoms with Crippen LogP contribution in [-0.2, 0) is 0 Å². The molecule has 0 fully saturated rings. The van der Waals surface area contributed by atoms with Gasteiger partial charge < -0.3 is 4.90 Å². The van der Waals surface area contributed by atoms with Crippen LogP contribution < -0.4 is 4.90 Å². The van der Waals surface area contributed by atoms with Crippen molar-refractivity contribution >= 4 is 38.6 Å². The van der Waals surface area contributed by atoms with Crippen LogP contribution in [0.2, 0.25) is 0 Å². The van der Waals surface area contributed by atoms with Crippen molar-refractivity contribution in [3.05, 3.63) is 212 Å². The van der Waals surface area contributed by atoms with Crippen LogP contribution in [0.15, 0.2) is 212 Å². The molecule has 0 heterocycles. The Balaban J connectivity index is 1.29. The summed E-state index contributed by atoms with van der Waals surface area (Å²) in [5.74, 6) is 0. The van der Waals surface area contributed by atoms with E-state index >= 15 is 0 Å². The van der Waals surface area contributed by atoms with Crippen LogP contribution in [0, 0.1) is 0 Å². The number of hydrogen-bond donors (Lipinski definition) is 0. The average molecular weight is 667 g/mol. The summed E-state index contributed by atoms with van der Waals surface area (Å²) in [6.07, 6.45) is 0. The molecule has 0 spiro atoms. The second-order valence-corrected chi connectivity index (χ2v) is 11.7. The van der Waals surface area contributed by atoms with Crippen molar-refractivity contribution < 1.29 is 23.3 Å². The molecule has 9 rings (SSSR count). The van der Waals surface area contributed by atoms with E-state index in [0.29, 0.717) is 5.56 Å². The molecular formula is C50H35N. The van der Waals surface area contributed by atoms with Crippen molar-refractivity contribution in [1.82, 2.24) is 0 Å². The fourth-order valence-corrected chi connectivity index (χ4v) is 5.96. The number of benzene rings is 9. The van der Waals surface area contributed by atoms with Crippen LogP contribution in [0.1, 0.15) is 23.3 Å². The molecule has 1 nitrogen and oxygen atoms in total. The first-order valence-corrected chi connectivity index (χ1v) is 16.1. The molecule has 0 aliphatic carbocycles. The van der Waals surface area contributed by atoms with E-state index in [1.165, 1.54) is 0 Å². The second kappa shape index (κ2) is 13.3. The molecule has 0 saturated heterocycles. The fourth-order valence-electron chi connectivity index (χ4n) is 5.96. The summed E-state index contributed by atoms with van der Waals surface area (Å²) in [5.41, 5.74) is -1.24. The van der Waals surface area contributed by atoms with Gasteiger partial charge in [-0.2, -0.15) is 0 Å². The molecule has 0 saturated carbocycles. The average Bonchev–Trinajstić information content (AvgIpc) is 3.34. The van der Waals surface area contributed by atoms with E-state index in [-0.39, 0.29) is 16.9 Å². The third kappa shape index (κ3) is 6.18. The van der Waals surface area contributed by atoms with Crippen molar-refractivity contribution in [3.63, 3.8) is 0 Å². The molecule has 0 unspecified atom stereocenters. The van der Waals surface area contributed by atoms with Crippen molar-refractivity contribution in [3.8, 4) is 44.5 Å². The molecule has 0 atom stereocenters. The lowest BCUT2D eigenvalue weighted by Crippen LogP contribution is -2.10. The summed E-state index contributed by atoms with van der Waals surface area (Å²) in [5, 5.41) is 3.67. The van der Waals surface area contributed by atoms with E-state index < -0.39 is 131 Å². The lowest BCUT2D eigenvalue weighted by Gasteiger charge is -2.26. The van der Waals surface area contributed by atoms with Crippen LogP contribution in [0.25, 0.3) is 66.1 Å². The molecule has 51 heavy (non-hydrogen) atoms. The van der Waals surface area contributed by atoms with Gasteiger partial charge in [0, 0.05) is 17.1 Å². The van der Waals surface area contributed by atoms with Crippen LogP contribution >= 0.6 is 0 Å². The fraction of sp³-hybridized carbons (Fsp3) is 0. The summed E-state index contributed by atoms with van der Waals surface area (Å²) in [4.78, 5) is 1.16. The molecule has 9 aromatic rings. The smallest absolute Gasteiger partial charge is 0.0651 e. The molecule has 0 amide bonds. The van der Waals surface area contributed by atoms with Gasteiger partial charge in [0.05, 0.1) is 23.3 Å². The maximum atomic E-state index is 9.71. The molecule has 0 N–H and O–H groups in total. The normalized spacial score (nSPS) is 15.8. The maximum Gasteiger partial charge on any atom is 0.0651 e. The van der Waals surface area contributed by atoms with Crippen LogP contribution in [0.5, 0.6) is 0 Å². The molecule has 0 aromatic heterocycles. The predicted molar refractivity (Wildman–Crippen MR) is 218 cm³/mol. The zero-order valence-electron chi connectivity index (χ0n) is 43.8. The first-order chi connectivity index (χ1) is 32.3. The molecule has 0 radical (unpaired) electrons. The Morgan fingerprint density at radius 3 is 1.35 bits per heavy atom. The van der Waals surface area contributed by atoms with Gasteiger partial charge in [0.15, 0.2) is 0 Å². The largest absolute Gasteiger partial charge is 0.310 e. The van der Waals surface area contributed by atoms with Crippen molar-refractivity contribution in [2.24, 2.45) is 0 Å². The van der Waals surface area contributed by atoms with Crippen LogP contribution in [-0.4, -0.2) is 0 Å². The van der Waals surface area contributed by atoms with E-state index in [2.05, 4.69) is 0 Å². The molecule has 0 bridgehead atoms. The number of nitrogens with zero attached hydrogens (tertiary/aromatic N) is 1. The molecular weight excluding hydrogens is 615 g/mol. The Labute approximate surface area is 323 Å². The molecule has 9 aromatic carbocycles. The van der Waals surface area contributed by atoms with Gasteiger partial charge in [0.25, 0.3) is 0 Å². The highest BCUT2D eigenvalue weighted by atomic mass is 15.1. The number of anilines is 3. The first-order valence-electron chi connectivity index (χ1n) is 24.6. The quantitative estimate of drug-likeness (QED) is 0.164. The lowest BCUT2D eigenvalue weighted by molar-refractivity contribution is 1.28. The Hall–Kier alpha value is -6.70. The molecule has 0 aliphatic rings. The highest BCUT2D eigenvalue weighted by molar-refractivity contribution is 5.90. The zero-order valence-corrected chi connectivity index (χ0v) is 26.8. The lowest BCUT2D eigenvalue weighted by atomic mass is 9.99. The summed E-state index contributed by atoms with van der Waals surface area (Å²) in [6.45, 7) is 0. The number of rotatable bonds is 7. The maximum absolute atomic E-state index is 9.71. The minimum absolute atomic E-state index is 0.0285. The summed E-state index contributed by atoms with van der Waals surface area (Å²) >= 11 is 0. The van der Waals surface area contributed by atoms with Crippen LogP contribution in [0.4, 0.5) is 17.1 Å². The minimum atomic E-state index is -0.866. The topological polar surface area (TPSA) is 3.24 Å². The highest BCUT2D eigenvalue weighted by Crippen LogP contribution is 2.39. The summed E-state index contributed by atoms with van der Waals surface area (Å²) in [7, 11) is 0. The third-order valence-electron chi connectivity index (χ3n) is 8.54. The van der Waals surface area contributed by atoms with Crippen molar-refractivity contribution in [1.29, 1.82) is 0 Å². The standard InChI is InChI=1S/C50H35N/c1-2-9-36(10-3-1)39-17-19-40(20-18-39)41-25-29-48(30-26-41)51(49-31-27-42(28-32-49)46-23-21-37-11-4-6-13-43(37)33-46)50-16-8-15-45(35-50)47-24-22-38-12-5-7-14-44(38)34-47/h1-35H/i1D,2D,3D,8D,9D,10D,15D,16D,17D,18D,19D,20D,25D,26D,29D,30D,35D. The Morgan fingerprint density at radius 1 is 0.294 bits per heavy atom. The third-order valence-corrected chi connectivity index (χ3v) is 8.54. The van der Waals surface area contributed by atoms with E-state index in [0.717, 1.165) is 37.6 Å². The van der Waals surface area contributed by atoms with Gasteiger partial charge in [-0.05, 0) is 114 Å². The van der Waals surface area contributed by atoms with Gasteiger partial charge >= 0.3 is 0 Å². The van der Waals surface area contributed by atoms with E-state index in [1.54, 1.807) is 42.5 Å². The van der Waals surface area contributed by atoms with Gasteiger partial charge in [-0.25, -0.2) is 0 Å². The Bertz CT molecular complexity index is 3520. The van der Waals surface area contributed by atoms with E-state index in [9.17, 15) is 8.22 Å². The minimum Gasteiger partial charge on any atom is -0.310 e. The van der Waals surface area contributed by atoms with Gasteiger partial charge in [-0.15, -0.1) is 0 Å². The van der Waals surface area contributed by atoms with E-state index in [4.69, 9.17) is 15.1 Å². The molecule has 0 aliphatic heterocycles. The van der Waals surface area contributed by atoms with Crippen molar-refractivity contribution in [2.45, 2.75) is 0 Å². The predicted octanol–water partition coefficient (Wildman–Crippen LogP) is 14.1. The summed E-state index contributed by atoms with van der Waals surface area (Å²) in [6, 6.07) is 20.6. The van der Waals surface area contributed by atoms with Gasteiger partial charge in [0.2, 0.25) is 0 Å². The molecule has 1 heteroatoms. The van der Waals surface area contributed by atoms with Gasteiger partial charge in [-0.1, -0.05) is 163 Å². The SMILES string of the molecule is [2H]c1c([2H])c([2H])c(-c2c([2H])c([2H])c(-c3c([2H])c([2H])c(N(c4ccc(-c5ccc6ccccc6c5)cc4)c4c([2H])c([2H])c([2H])c(-c5ccc6ccccc6c5)c4[2H])c([2H])c3[2H])c([2H])c2[2H])c([2H])c1[2H]. The van der Waals surface area contributed by atoms with Gasteiger partial charge in [-0.3, -0.25) is 0 Å². The van der Waals surface area contributed by atoms with E-state index in [1.807, 2.05) is 66.7 Å². The Morgan fingerprint density at radius 2 is 0.765 bits per heavy atom. The first kappa shape index (κ1) is 17.3. The zero-order chi connectivity index (χ0) is 48.8. The second-order valence-electron chi connectivity index (χ2n) is 11.7. The van der Waals surface area contributed by atoms with Gasteiger partial charge in [0.1, 0.15) is 0 Å².